The zero-order chi connectivity index (χ0) is 19.5. The summed E-state index contributed by atoms with van der Waals surface area (Å²) in [7, 11) is 0. The van der Waals surface area contributed by atoms with Crippen molar-refractivity contribution in [3.63, 3.8) is 0 Å². The lowest BCUT2D eigenvalue weighted by Crippen LogP contribution is -2.12. The van der Waals surface area contributed by atoms with Gasteiger partial charge in [-0.3, -0.25) is 9.20 Å². The maximum Gasteiger partial charge on any atom is 0.224 e. The Kier molecular flexibility index (Phi) is 5.10. The second-order valence-corrected chi connectivity index (χ2v) is 7.55. The molecule has 0 radical (unpaired) electrons. The second-order valence-electron chi connectivity index (χ2n) is 7.55. The molecule has 144 valence electrons. The number of hydrogen-bond acceptors (Lipinski definition) is 3. The Balaban J connectivity index is 1.39. The van der Waals surface area contributed by atoms with Crippen molar-refractivity contribution in [1.82, 2.24) is 19.2 Å². The number of nitrogens with one attached hydrogen (secondary N) is 1. The molecule has 0 saturated carbocycles. The third kappa shape index (κ3) is 3.76. The minimum Gasteiger partial charge on any atom is -0.347 e. The van der Waals surface area contributed by atoms with Gasteiger partial charge in [-0.05, 0) is 42.7 Å². The van der Waals surface area contributed by atoms with Crippen LogP contribution in [0.1, 0.15) is 32.5 Å². The molecule has 0 atom stereocenters. The number of benzene rings is 1. The third-order valence-electron chi connectivity index (χ3n) is 4.84. The number of hydrogen-bond donors (Lipinski definition) is 1. The number of aromatic nitrogens is 4. The van der Waals surface area contributed by atoms with E-state index in [-0.39, 0.29) is 5.91 Å². The number of pyridine rings is 1. The van der Waals surface area contributed by atoms with Gasteiger partial charge in [-0.25, -0.2) is 0 Å². The maximum absolute atomic E-state index is 12.5. The molecule has 0 saturated heterocycles. The first-order valence-corrected chi connectivity index (χ1v) is 9.78. The minimum absolute atomic E-state index is 0.0259. The normalized spacial score (nSPS) is 11.5. The molecule has 3 aromatic heterocycles. The predicted octanol–water partition coefficient (Wildman–Crippen LogP) is 4.30. The molecule has 0 aliphatic rings. The van der Waals surface area contributed by atoms with Gasteiger partial charge in [0, 0.05) is 37.2 Å². The first-order valence-electron chi connectivity index (χ1n) is 9.78. The van der Waals surface area contributed by atoms with Crippen LogP contribution in [0.5, 0.6) is 0 Å². The van der Waals surface area contributed by atoms with E-state index in [2.05, 4.69) is 52.3 Å². The van der Waals surface area contributed by atoms with Gasteiger partial charge in [0.05, 0.1) is 11.2 Å². The van der Waals surface area contributed by atoms with E-state index in [1.807, 2.05) is 40.9 Å². The fourth-order valence-corrected chi connectivity index (χ4v) is 3.57. The van der Waals surface area contributed by atoms with Crippen LogP contribution in [0.2, 0.25) is 0 Å². The molecule has 1 aromatic carbocycles. The fourth-order valence-electron chi connectivity index (χ4n) is 3.57. The summed E-state index contributed by atoms with van der Waals surface area (Å²) in [6.45, 7) is 5.37. The van der Waals surface area contributed by atoms with Crippen molar-refractivity contribution in [2.75, 3.05) is 5.32 Å². The molecule has 6 nitrogen and oxygen atoms in total. The molecule has 28 heavy (non-hydrogen) atoms. The van der Waals surface area contributed by atoms with Gasteiger partial charge >= 0.3 is 0 Å². The lowest BCUT2D eigenvalue weighted by molar-refractivity contribution is -0.116. The van der Waals surface area contributed by atoms with Gasteiger partial charge in [-0.2, -0.15) is 0 Å². The lowest BCUT2D eigenvalue weighted by Gasteiger charge is -2.10. The second kappa shape index (κ2) is 7.84. The number of rotatable bonds is 7. The van der Waals surface area contributed by atoms with Crippen molar-refractivity contribution in [1.29, 1.82) is 0 Å². The van der Waals surface area contributed by atoms with Crippen LogP contribution < -0.4 is 5.32 Å². The van der Waals surface area contributed by atoms with E-state index < -0.39 is 0 Å². The molecule has 0 spiro atoms. The van der Waals surface area contributed by atoms with Crippen LogP contribution in [0.4, 0.5) is 5.69 Å². The van der Waals surface area contributed by atoms with Gasteiger partial charge < -0.3 is 9.88 Å². The van der Waals surface area contributed by atoms with Crippen LogP contribution in [-0.4, -0.2) is 25.1 Å². The van der Waals surface area contributed by atoms with Gasteiger partial charge in [-0.15, -0.1) is 10.2 Å². The Morgan fingerprint density at radius 1 is 1.07 bits per heavy atom. The lowest BCUT2D eigenvalue weighted by atomic mass is 10.2. The number of nitrogens with zero attached hydrogens (tertiary/aromatic N) is 4. The van der Waals surface area contributed by atoms with Gasteiger partial charge in [0.1, 0.15) is 5.82 Å². The monoisotopic (exact) mass is 375 g/mol. The van der Waals surface area contributed by atoms with E-state index in [1.165, 1.54) is 0 Å². The molecule has 0 unspecified atom stereocenters. The van der Waals surface area contributed by atoms with Crippen molar-refractivity contribution < 1.29 is 4.79 Å². The molecule has 6 heteroatoms. The largest absolute Gasteiger partial charge is 0.347 e. The first kappa shape index (κ1) is 18.2. The number of anilines is 1. The number of carbonyl (C=O) groups excluding carboxylic acids is 1. The summed E-state index contributed by atoms with van der Waals surface area (Å²) in [5.74, 6) is 1.48. The Morgan fingerprint density at radius 2 is 1.96 bits per heavy atom. The highest BCUT2D eigenvalue weighted by Gasteiger charge is 2.10. The predicted molar refractivity (Wildman–Crippen MR) is 111 cm³/mol. The van der Waals surface area contributed by atoms with Gasteiger partial charge in [-0.1, -0.05) is 26.0 Å². The van der Waals surface area contributed by atoms with Crippen molar-refractivity contribution in [2.24, 2.45) is 5.92 Å². The quantitative estimate of drug-likeness (QED) is 0.524. The smallest absolute Gasteiger partial charge is 0.224 e. The van der Waals surface area contributed by atoms with Gasteiger partial charge in [0.2, 0.25) is 5.91 Å². The number of fused-ring (bicyclic) bond motifs is 2. The van der Waals surface area contributed by atoms with Crippen molar-refractivity contribution >= 4 is 28.1 Å². The Morgan fingerprint density at radius 3 is 2.82 bits per heavy atom. The summed E-state index contributed by atoms with van der Waals surface area (Å²) in [6, 6.07) is 14.0. The van der Waals surface area contributed by atoms with Crippen LogP contribution in [0.3, 0.4) is 0 Å². The van der Waals surface area contributed by atoms with Crippen LogP contribution >= 0.6 is 0 Å². The molecule has 1 N–H and O–H groups in total. The number of carbonyl (C=O) groups is 1. The summed E-state index contributed by atoms with van der Waals surface area (Å²) in [4.78, 5) is 12.5. The van der Waals surface area contributed by atoms with E-state index in [1.54, 1.807) is 0 Å². The molecule has 1 amide bonds. The molecule has 0 aliphatic heterocycles. The van der Waals surface area contributed by atoms with E-state index >= 15 is 0 Å². The average Bonchev–Trinajstić information content (AvgIpc) is 3.27. The van der Waals surface area contributed by atoms with Gasteiger partial charge in [0.25, 0.3) is 0 Å². The topological polar surface area (TPSA) is 64.2 Å². The van der Waals surface area contributed by atoms with Crippen LogP contribution in [-0.2, 0) is 17.8 Å². The molecule has 0 bridgehead atoms. The molecule has 4 rings (SSSR count). The minimum atomic E-state index is 0.0259. The zero-order valence-corrected chi connectivity index (χ0v) is 16.3. The molecule has 3 heterocycles. The summed E-state index contributed by atoms with van der Waals surface area (Å²) < 4.78 is 4.21. The van der Waals surface area contributed by atoms with Crippen LogP contribution in [0.25, 0.3) is 16.6 Å². The van der Waals surface area contributed by atoms with Crippen molar-refractivity contribution in [3.8, 4) is 0 Å². The Labute approximate surface area is 164 Å². The number of amides is 1. The first-order chi connectivity index (χ1) is 13.6. The maximum atomic E-state index is 12.5. The van der Waals surface area contributed by atoms with Crippen molar-refractivity contribution in [2.45, 2.75) is 39.7 Å². The van der Waals surface area contributed by atoms with E-state index in [0.29, 0.717) is 18.8 Å². The summed E-state index contributed by atoms with van der Waals surface area (Å²) in [6.07, 6.45) is 5.94. The van der Waals surface area contributed by atoms with Crippen LogP contribution in [0.15, 0.2) is 54.9 Å². The Bertz CT molecular complexity index is 1110. The SMILES string of the molecule is CC(C)Cn1ccc2c(NC(=O)CCCc3nnc4ccccn34)cccc21. The molecule has 0 fully saturated rings. The fraction of sp³-hybridized carbons (Fsp3) is 0.318. The zero-order valence-electron chi connectivity index (χ0n) is 16.3. The molecular weight excluding hydrogens is 350 g/mol. The highest BCUT2D eigenvalue weighted by Crippen LogP contribution is 2.25. The summed E-state index contributed by atoms with van der Waals surface area (Å²) in [5.41, 5.74) is 2.86. The van der Waals surface area contributed by atoms with Crippen LogP contribution in [0, 0.1) is 5.92 Å². The van der Waals surface area contributed by atoms with E-state index in [0.717, 1.165) is 41.0 Å². The molecule has 4 aromatic rings. The number of aryl methyl sites for hydroxylation is 1. The van der Waals surface area contributed by atoms with E-state index in [4.69, 9.17) is 0 Å². The van der Waals surface area contributed by atoms with Gasteiger partial charge in [0.15, 0.2) is 5.65 Å². The Hall–Kier alpha value is -3.15. The summed E-state index contributed by atoms with van der Waals surface area (Å²) >= 11 is 0. The summed E-state index contributed by atoms with van der Waals surface area (Å²) in [5, 5.41) is 12.5. The average molecular weight is 375 g/mol. The molecular formula is C22H25N5O. The standard InChI is InChI=1S/C22H25N5O/c1-16(2)15-26-14-12-17-18(7-5-8-19(17)26)23-22(28)11-6-10-21-25-24-20-9-3-4-13-27(20)21/h3-5,7-9,12-14,16H,6,10-11,15H2,1-2H3,(H,23,28). The third-order valence-corrected chi connectivity index (χ3v) is 4.84. The molecule has 0 aliphatic carbocycles. The highest BCUT2D eigenvalue weighted by atomic mass is 16.1. The highest BCUT2D eigenvalue weighted by molar-refractivity contribution is 6.01. The van der Waals surface area contributed by atoms with E-state index in [9.17, 15) is 4.79 Å². The van der Waals surface area contributed by atoms with Crippen molar-refractivity contribution in [3.05, 3.63) is 60.7 Å².